The minimum absolute atomic E-state index is 0.148. The number of furan rings is 1. The zero-order valence-electron chi connectivity index (χ0n) is 9.98. The van der Waals surface area contributed by atoms with Crippen molar-refractivity contribution in [3.8, 4) is 0 Å². The van der Waals surface area contributed by atoms with Crippen LogP contribution in [0.15, 0.2) is 16.5 Å². The summed E-state index contributed by atoms with van der Waals surface area (Å²) in [5.41, 5.74) is -0.885. The number of hydrogen-bond acceptors (Lipinski definition) is 3. The molecule has 0 spiro atoms. The van der Waals surface area contributed by atoms with Gasteiger partial charge in [0.1, 0.15) is 0 Å². The van der Waals surface area contributed by atoms with Gasteiger partial charge in [0, 0.05) is 13.1 Å². The number of likely N-dealkylation sites (tertiary alicyclic amines) is 1. The Morgan fingerprint density at radius 3 is 2.78 bits per heavy atom. The predicted molar refractivity (Wildman–Crippen MR) is 64.6 cm³/mol. The van der Waals surface area contributed by atoms with Gasteiger partial charge in [0.05, 0.1) is 5.41 Å². The summed E-state index contributed by atoms with van der Waals surface area (Å²) in [6, 6.07) is 2.99. The maximum absolute atomic E-state index is 12.1. The summed E-state index contributed by atoms with van der Waals surface area (Å²) in [5.74, 6) is -1.04. The Morgan fingerprint density at radius 2 is 2.22 bits per heavy atom. The summed E-state index contributed by atoms with van der Waals surface area (Å²) in [5, 5.41) is 9.34. The van der Waals surface area contributed by atoms with Gasteiger partial charge in [-0.3, -0.25) is 9.59 Å². The maximum atomic E-state index is 12.1. The Bertz CT molecular complexity index is 484. The molecular weight excluding hydrogens is 258 g/mol. The second-order valence-corrected chi connectivity index (χ2v) is 5.17. The molecule has 1 atom stereocenters. The Balaban J connectivity index is 2.14. The molecule has 0 aromatic carbocycles. The molecule has 1 unspecified atom stereocenters. The van der Waals surface area contributed by atoms with Crippen LogP contribution in [0.1, 0.15) is 30.3 Å². The summed E-state index contributed by atoms with van der Waals surface area (Å²) in [6.45, 7) is 2.39. The molecule has 1 amide bonds. The van der Waals surface area contributed by atoms with Crippen molar-refractivity contribution in [3.05, 3.63) is 23.1 Å². The SMILES string of the molecule is CC1(C(=O)O)CCCN(C(=O)c2ccc(Cl)o2)C1. The van der Waals surface area contributed by atoms with Gasteiger partial charge in [0.2, 0.25) is 0 Å². The molecule has 98 valence electrons. The summed E-state index contributed by atoms with van der Waals surface area (Å²) in [4.78, 5) is 24.8. The molecule has 0 radical (unpaired) electrons. The first-order valence-electron chi connectivity index (χ1n) is 5.70. The van der Waals surface area contributed by atoms with Gasteiger partial charge in [-0.2, -0.15) is 0 Å². The summed E-state index contributed by atoms with van der Waals surface area (Å²) < 4.78 is 5.05. The number of amides is 1. The van der Waals surface area contributed by atoms with E-state index in [-0.39, 0.29) is 23.4 Å². The molecule has 6 heteroatoms. The van der Waals surface area contributed by atoms with Crippen molar-refractivity contribution in [1.29, 1.82) is 0 Å². The number of carbonyl (C=O) groups is 2. The highest BCUT2D eigenvalue weighted by molar-refractivity contribution is 6.29. The quantitative estimate of drug-likeness (QED) is 0.896. The van der Waals surface area contributed by atoms with Gasteiger partial charge in [-0.15, -0.1) is 0 Å². The first-order chi connectivity index (χ1) is 8.42. The van der Waals surface area contributed by atoms with Crippen LogP contribution < -0.4 is 0 Å². The van der Waals surface area contributed by atoms with Crippen molar-refractivity contribution in [2.45, 2.75) is 19.8 Å². The van der Waals surface area contributed by atoms with Crippen molar-refractivity contribution >= 4 is 23.5 Å². The molecule has 0 saturated carbocycles. The lowest BCUT2D eigenvalue weighted by Gasteiger charge is -2.37. The fourth-order valence-electron chi connectivity index (χ4n) is 2.17. The van der Waals surface area contributed by atoms with Crippen molar-refractivity contribution in [2.75, 3.05) is 13.1 Å². The van der Waals surface area contributed by atoms with E-state index in [2.05, 4.69) is 0 Å². The lowest BCUT2D eigenvalue weighted by atomic mass is 9.82. The standard InChI is InChI=1S/C12H14ClNO4/c1-12(11(16)17)5-2-6-14(7-12)10(15)8-3-4-9(13)18-8/h3-4H,2,5-7H2,1H3,(H,16,17). The third kappa shape index (κ3) is 2.36. The van der Waals surface area contributed by atoms with Gasteiger partial charge in [-0.1, -0.05) is 0 Å². The Hall–Kier alpha value is -1.49. The number of carboxylic acid groups (broad SMARTS) is 1. The van der Waals surface area contributed by atoms with Crippen LogP contribution in [0.4, 0.5) is 0 Å². The average molecular weight is 272 g/mol. The third-order valence-electron chi connectivity index (χ3n) is 3.28. The molecule has 1 aromatic heterocycles. The predicted octanol–water partition coefficient (Wildman–Crippen LogP) is 2.26. The molecule has 2 rings (SSSR count). The second-order valence-electron chi connectivity index (χ2n) is 4.80. The molecular formula is C12H14ClNO4. The van der Waals surface area contributed by atoms with E-state index in [0.29, 0.717) is 19.4 Å². The smallest absolute Gasteiger partial charge is 0.311 e. The molecule has 2 heterocycles. The number of hydrogen-bond donors (Lipinski definition) is 1. The fraction of sp³-hybridized carbons (Fsp3) is 0.500. The zero-order valence-corrected chi connectivity index (χ0v) is 10.7. The van der Waals surface area contributed by atoms with E-state index >= 15 is 0 Å². The van der Waals surface area contributed by atoms with Crippen LogP contribution in [0.2, 0.25) is 5.22 Å². The van der Waals surface area contributed by atoms with Crippen LogP contribution in [-0.4, -0.2) is 35.0 Å². The highest BCUT2D eigenvalue weighted by Crippen LogP contribution is 2.30. The Labute approximate surface area is 109 Å². The van der Waals surface area contributed by atoms with Gasteiger partial charge < -0.3 is 14.4 Å². The Morgan fingerprint density at radius 1 is 1.50 bits per heavy atom. The highest BCUT2D eigenvalue weighted by Gasteiger charge is 2.40. The van der Waals surface area contributed by atoms with E-state index < -0.39 is 11.4 Å². The summed E-state index contributed by atoms with van der Waals surface area (Å²) in [6.07, 6.45) is 1.24. The Kier molecular flexibility index (Phi) is 3.34. The number of aliphatic carboxylic acids is 1. The van der Waals surface area contributed by atoms with Crippen LogP contribution in [0.5, 0.6) is 0 Å². The van der Waals surface area contributed by atoms with Crippen molar-refractivity contribution in [1.82, 2.24) is 4.90 Å². The molecule has 18 heavy (non-hydrogen) atoms. The second kappa shape index (κ2) is 4.65. The zero-order chi connectivity index (χ0) is 13.3. The summed E-state index contributed by atoms with van der Waals surface area (Å²) in [7, 11) is 0. The van der Waals surface area contributed by atoms with Crippen molar-refractivity contribution < 1.29 is 19.1 Å². The van der Waals surface area contributed by atoms with Crippen molar-refractivity contribution in [2.24, 2.45) is 5.41 Å². The van der Waals surface area contributed by atoms with Gasteiger partial charge in [-0.25, -0.2) is 0 Å². The fourth-order valence-corrected chi connectivity index (χ4v) is 2.32. The average Bonchev–Trinajstić information content (AvgIpc) is 2.75. The number of carbonyl (C=O) groups excluding carboxylic acids is 1. The van der Waals surface area contributed by atoms with E-state index in [1.807, 2.05) is 0 Å². The highest BCUT2D eigenvalue weighted by atomic mass is 35.5. The first-order valence-corrected chi connectivity index (χ1v) is 6.08. The van der Waals surface area contributed by atoms with Gasteiger partial charge in [-0.05, 0) is 43.5 Å². The lowest BCUT2D eigenvalue weighted by molar-refractivity contribution is -0.150. The van der Waals surface area contributed by atoms with Gasteiger partial charge in [0.15, 0.2) is 11.0 Å². The minimum Gasteiger partial charge on any atom is -0.481 e. The third-order valence-corrected chi connectivity index (χ3v) is 3.49. The van der Waals surface area contributed by atoms with Crippen molar-refractivity contribution in [3.63, 3.8) is 0 Å². The molecule has 1 aromatic rings. The van der Waals surface area contributed by atoms with E-state index in [0.717, 1.165) is 0 Å². The van der Waals surface area contributed by atoms with Crippen LogP contribution >= 0.6 is 11.6 Å². The maximum Gasteiger partial charge on any atom is 0.311 e. The van der Waals surface area contributed by atoms with E-state index in [9.17, 15) is 14.7 Å². The van der Waals surface area contributed by atoms with Crippen LogP contribution in [0.3, 0.4) is 0 Å². The van der Waals surface area contributed by atoms with Crippen LogP contribution in [-0.2, 0) is 4.79 Å². The molecule has 0 aliphatic carbocycles. The van der Waals surface area contributed by atoms with Crippen LogP contribution in [0.25, 0.3) is 0 Å². The monoisotopic (exact) mass is 271 g/mol. The molecule has 1 N–H and O–H groups in total. The lowest BCUT2D eigenvalue weighted by Crippen LogP contribution is -2.48. The minimum atomic E-state index is -0.885. The van der Waals surface area contributed by atoms with Crippen LogP contribution in [0, 0.1) is 5.41 Å². The largest absolute Gasteiger partial charge is 0.481 e. The number of nitrogens with zero attached hydrogens (tertiary/aromatic N) is 1. The molecule has 0 bridgehead atoms. The normalized spacial score (nSPS) is 24.0. The van der Waals surface area contributed by atoms with Gasteiger partial charge in [0.25, 0.3) is 5.91 Å². The molecule has 1 aliphatic rings. The molecule has 1 fully saturated rings. The molecule has 1 aliphatic heterocycles. The van der Waals surface area contributed by atoms with E-state index in [1.165, 1.54) is 17.0 Å². The first kappa shape index (κ1) is 13.0. The van der Waals surface area contributed by atoms with E-state index in [4.69, 9.17) is 16.0 Å². The number of halogens is 1. The van der Waals surface area contributed by atoms with Gasteiger partial charge >= 0.3 is 5.97 Å². The topological polar surface area (TPSA) is 70.8 Å². The van der Waals surface area contributed by atoms with E-state index in [1.54, 1.807) is 6.92 Å². The molecule has 1 saturated heterocycles. The number of piperidine rings is 1. The number of rotatable bonds is 2. The number of carboxylic acids is 1. The summed E-state index contributed by atoms with van der Waals surface area (Å²) >= 11 is 5.62. The molecule has 5 nitrogen and oxygen atoms in total.